The third-order valence-electron chi connectivity index (χ3n) is 2.71. The van der Waals surface area contributed by atoms with Crippen molar-refractivity contribution < 1.29 is 9.53 Å². The molecule has 15 heavy (non-hydrogen) atoms. The van der Waals surface area contributed by atoms with Crippen molar-refractivity contribution in [3.05, 3.63) is 23.0 Å². The van der Waals surface area contributed by atoms with Crippen molar-refractivity contribution in [2.24, 2.45) is 5.73 Å². The Hall–Kier alpha value is -1.33. The van der Waals surface area contributed by atoms with Gasteiger partial charge >= 0.3 is 5.97 Å². The predicted octanol–water partition coefficient (Wildman–Crippen LogP) is -0.163. The van der Waals surface area contributed by atoms with Crippen molar-refractivity contribution in [1.82, 2.24) is 9.88 Å². The molecule has 0 bridgehead atoms. The molecule has 0 amide bonds. The molecule has 0 spiro atoms. The van der Waals surface area contributed by atoms with Gasteiger partial charge in [0.25, 0.3) is 0 Å². The van der Waals surface area contributed by atoms with Crippen LogP contribution in [0.1, 0.15) is 21.7 Å². The number of aromatic nitrogens is 1. The number of nitrogens with two attached hydrogens (primary N) is 1. The second-order valence-electron chi connectivity index (χ2n) is 3.52. The van der Waals surface area contributed by atoms with Crippen molar-refractivity contribution >= 4 is 5.97 Å². The number of esters is 1. The molecule has 0 aliphatic carbocycles. The zero-order valence-electron chi connectivity index (χ0n) is 8.75. The van der Waals surface area contributed by atoms with Crippen molar-refractivity contribution in [2.45, 2.75) is 19.6 Å². The quantitative estimate of drug-likeness (QED) is 0.664. The van der Waals surface area contributed by atoms with Crippen LogP contribution in [0.2, 0.25) is 0 Å². The van der Waals surface area contributed by atoms with E-state index in [1.807, 2.05) is 6.07 Å². The van der Waals surface area contributed by atoms with Gasteiger partial charge in [0.1, 0.15) is 0 Å². The van der Waals surface area contributed by atoms with Crippen LogP contribution in [-0.2, 0) is 24.4 Å². The molecule has 1 aromatic heterocycles. The number of nitrogens with zero attached hydrogens (tertiary/aromatic N) is 1. The van der Waals surface area contributed by atoms with Gasteiger partial charge in [0.2, 0.25) is 0 Å². The first-order valence-electron chi connectivity index (χ1n) is 4.98. The molecule has 0 aromatic carbocycles. The Kier molecular flexibility index (Phi) is 2.75. The summed E-state index contributed by atoms with van der Waals surface area (Å²) >= 11 is 0. The summed E-state index contributed by atoms with van der Waals surface area (Å²) in [6.07, 6.45) is 0. The maximum Gasteiger partial charge on any atom is 0.339 e. The molecule has 5 heteroatoms. The predicted molar refractivity (Wildman–Crippen MR) is 55.4 cm³/mol. The SMILES string of the molecule is COC(=O)c1cc(CN)n2c1CNCC2. The Morgan fingerprint density at radius 1 is 1.73 bits per heavy atom. The van der Waals surface area contributed by atoms with Crippen LogP contribution in [0, 0.1) is 0 Å². The Balaban J connectivity index is 2.46. The van der Waals surface area contributed by atoms with E-state index in [2.05, 4.69) is 9.88 Å². The van der Waals surface area contributed by atoms with Crippen LogP contribution in [0.5, 0.6) is 0 Å². The lowest BCUT2D eigenvalue weighted by atomic mass is 10.2. The molecule has 1 aromatic rings. The topological polar surface area (TPSA) is 69.3 Å². The Bertz CT molecular complexity index is 384. The van der Waals surface area contributed by atoms with Crippen molar-refractivity contribution in [2.75, 3.05) is 13.7 Å². The normalized spacial score (nSPS) is 14.8. The standard InChI is InChI=1S/C10H15N3O2/c1-15-10(14)8-4-7(5-11)13-3-2-12-6-9(8)13/h4,12H,2-3,5-6,11H2,1H3. The summed E-state index contributed by atoms with van der Waals surface area (Å²) in [4.78, 5) is 11.5. The number of ether oxygens (including phenoxy) is 1. The number of carbonyl (C=O) groups is 1. The summed E-state index contributed by atoms with van der Waals surface area (Å²) in [5.41, 5.74) is 8.24. The minimum atomic E-state index is -0.290. The number of fused-ring (bicyclic) bond motifs is 1. The zero-order valence-corrected chi connectivity index (χ0v) is 8.75. The molecule has 5 nitrogen and oxygen atoms in total. The monoisotopic (exact) mass is 209 g/mol. The van der Waals surface area contributed by atoms with Crippen LogP contribution in [0.15, 0.2) is 6.07 Å². The first-order chi connectivity index (χ1) is 7.27. The molecule has 0 fully saturated rings. The van der Waals surface area contributed by atoms with Crippen molar-refractivity contribution in [1.29, 1.82) is 0 Å². The van der Waals surface area contributed by atoms with E-state index < -0.39 is 0 Å². The van der Waals surface area contributed by atoms with Gasteiger partial charge in [-0.3, -0.25) is 0 Å². The van der Waals surface area contributed by atoms with Crippen molar-refractivity contribution in [3.63, 3.8) is 0 Å². The Morgan fingerprint density at radius 2 is 2.53 bits per heavy atom. The van der Waals surface area contributed by atoms with Gasteiger partial charge in [-0.15, -0.1) is 0 Å². The van der Waals surface area contributed by atoms with E-state index in [4.69, 9.17) is 10.5 Å². The fourth-order valence-corrected chi connectivity index (χ4v) is 1.97. The lowest BCUT2D eigenvalue weighted by Crippen LogP contribution is -2.30. The lowest BCUT2D eigenvalue weighted by Gasteiger charge is -2.19. The van der Waals surface area contributed by atoms with Crippen molar-refractivity contribution in [3.8, 4) is 0 Å². The van der Waals surface area contributed by atoms with E-state index in [1.165, 1.54) is 7.11 Å². The van der Waals surface area contributed by atoms with E-state index in [9.17, 15) is 4.79 Å². The van der Waals surface area contributed by atoms with Gasteiger partial charge in [0.05, 0.1) is 12.7 Å². The zero-order chi connectivity index (χ0) is 10.8. The summed E-state index contributed by atoms with van der Waals surface area (Å²) in [5, 5.41) is 3.23. The first-order valence-corrected chi connectivity index (χ1v) is 4.98. The minimum absolute atomic E-state index is 0.290. The summed E-state index contributed by atoms with van der Waals surface area (Å²) in [7, 11) is 1.39. The smallest absolute Gasteiger partial charge is 0.339 e. The molecule has 1 aliphatic heterocycles. The molecule has 0 unspecified atom stereocenters. The first kappa shape index (κ1) is 10.2. The highest BCUT2D eigenvalue weighted by molar-refractivity contribution is 5.91. The average molecular weight is 209 g/mol. The van der Waals surface area contributed by atoms with Crippen LogP contribution in [0.3, 0.4) is 0 Å². The van der Waals surface area contributed by atoms with E-state index >= 15 is 0 Å². The largest absolute Gasteiger partial charge is 0.465 e. The summed E-state index contributed by atoms with van der Waals surface area (Å²) in [6.45, 7) is 2.92. The number of hydrogen-bond donors (Lipinski definition) is 2. The molecular formula is C10H15N3O2. The third-order valence-corrected chi connectivity index (χ3v) is 2.71. The van der Waals surface area contributed by atoms with Gasteiger partial charge < -0.3 is 20.4 Å². The van der Waals surface area contributed by atoms with E-state index in [-0.39, 0.29) is 5.97 Å². The number of hydrogen-bond acceptors (Lipinski definition) is 4. The second-order valence-corrected chi connectivity index (χ2v) is 3.52. The molecule has 1 aliphatic rings. The average Bonchev–Trinajstić information content (AvgIpc) is 2.67. The molecular weight excluding hydrogens is 194 g/mol. The number of rotatable bonds is 2. The summed E-state index contributed by atoms with van der Waals surface area (Å²) in [6, 6.07) is 1.83. The van der Waals surface area contributed by atoms with Gasteiger partial charge in [0, 0.05) is 37.6 Å². The van der Waals surface area contributed by atoms with Crippen LogP contribution >= 0.6 is 0 Å². The second kappa shape index (κ2) is 4.04. The molecule has 2 rings (SSSR count). The summed E-state index contributed by atoms with van der Waals surface area (Å²) in [5.74, 6) is -0.290. The molecule has 0 radical (unpaired) electrons. The fourth-order valence-electron chi connectivity index (χ4n) is 1.97. The minimum Gasteiger partial charge on any atom is -0.465 e. The maximum atomic E-state index is 11.5. The molecule has 2 heterocycles. The van der Waals surface area contributed by atoms with Crippen LogP contribution in [-0.4, -0.2) is 24.2 Å². The van der Waals surface area contributed by atoms with Gasteiger partial charge in [0.15, 0.2) is 0 Å². The van der Waals surface area contributed by atoms with Crippen LogP contribution in [0.25, 0.3) is 0 Å². The van der Waals surface area contributed by atoms with Gasteiger partial charge in [-0.25, -0.2) is 4.79 Å². The highest BCUT2D eigenvalue weighted by Gasteiger charge is 2.21. The van der Waals surface area contributed by atoms with Crippen LogP contribution < -0.4 is 11.1 Å². The van der Waals surface area contributed by atoms with E-state index in [0.29, 0.717) is 18.7 Å². The third kappa shape index (κ3) is 1.64. The fraction of sp³-hybridized carbons (Fsp3) is 0.500. The molecule has 0 atom stereocenters. The highest BCUT2D eigenvalue weighted by Crippen LogP contribution is 2.19. The number of methoxy groups -OCH3 is 1. The molecule has 82 valence electrons. The highest BCUT2D eigenvalue weighted by atomic mass is 16.5. The van der Waals surface area contributed by atoms with Gasteiger partial charge in [-0.1, -0.05) is 0 Å². The number of carbonyl (C=O) groups excluding carboxylic acids is 1. The molecule has 0 saturated heterocycles. The van der Waals surface area contributed by atoms with Gasteiger partial charge in [-0.2, -0.15) is 0 Å². The van der Waals surface area contributed by atoms with Gasteiger partial charge in [-0.05, 0) is 6.07 Å². The lowest BCUT2D eigenvalue weighted by molar-refractivity contribution is 0.0599. The Labute approximate surface area is 88.2 Å². The summed E-state index contributed by atoms with van der Waals surface area (Å²) < 4.78 is 6.84. The number of nitrogens with one attached hydrogen (secondary N) is 1. The molecule has 3 N–H and O–H groups in total. The van der Waals surface area contributed by atoms with E-state index in [0.717, 1.165) is 24.5 Å². The van der Waals surface area contributed by atoms with Crippen LogP contribution in [0.4, 0.5) is 0 Å². The maximum absolute atomic E-state index is 11.5. The molecule has 0 saturated carbocycles. The Morgan fingerprint density at radius 3 is 3.20 bits per heavy atom. The van der Waals surface area contributed by atoms with E-state index in [1.54, 1.807) is 0 Å².